The number of nitrogens with zero attached hydrogens (tertiary/aromatic N) is 2. The molecule has 0 radical (unpaired) electrons. The van der Waals surface area contributed by atoms with Crippen molar-refractivity contribution in [3.05, 3.63) is 81.4 Å². The Hall–Kier alpha value is -3.25. The van der Waals surface area contributed by atoms with Gasteiger partial charge >= 0.3 is 18.4 Å². The average molecular weight is 640 g/mol. The highest BCUT2D eigenvalue weighted by Gasteiger charge is 2.43. The second kappa shape index (κ2) is 12.2. The molecular formula is C28H24Cl2F7N2O3-. The van der Waals surface area contributed by atoms with E-state index in [9.17, 15) is 35.5 Å². The van der Waals surface area contributed by atoms with Crippen LogP contribution >= 0.6 is 11.6 Å². The quantitative estimate of drug-likeness (QED) is 0.253. The summed E-state index contributed by atoms with van der Waals surface area (Å²) in [7, 11) is 1.35. The van der Waals surface area contributed by atoms with Crippen LogP contribution in [0.4, 0.5) is 35.5 Å². The summed E-state index contributed by atoms with van der Waals surface area (Å²) in [5.41, 5.74) is -2.02. The van der Waals surface area contributed by atoms with Crippen LogP contribution in [0.15, 0.2) is 42.5 Å². The van der Waals surface area contributed by atoms with Gasteiger partial charge in [0.15, 0.2) is 0 Å². The van der Waals surface area contributed by atoms with Gasteiger partial charge in [-0.2, -0.15) is 26.3 Å². The summed E-state index contributed by atoms with van der Waals surface area (Å²) in [5.74, 6) is -0.495. The number of methoxy groups -OCH3 is 1. The van der Waals surface area contributed by atoms with Crippen LogP contribution in [0, 0.1) is 5.82 Å². The number of cyclic esters (lactones) is 1. The van der Waals surface area contributed by atoms with Crippen molar-refractivity contribution in [2.75, 3.05) is 7.11 Å². The van der Waals surface area contributed by atoms with Crippen molar-refractivity contribution in [3.8, 4) is 16.9 Å². The molecule has 42 heavy (non-hydrogen) atoms. The molecule has 14 heteroatoms. The normalized spacial score (nSPS) is 17.4. The summed E-state index contributed by atoms with van der Waals surface area (Å²) < 4.78 is 106. The molecule has 0 bridgehead atoms. The minimum atomic E-state index is -5.07. The zero-order valence-electron chi connectivity index (χ0n) is 22.5. The Kier molecular flexibility index (Phi) is 9.63. The molecule has 4 rings (SSSR count). The van der Waals surface area contributed by atoms with Crippen molar-refractivity contribution in [2.24, 2.45) is 0 Å². The molecule has 1 saturated heterocycles. The molecule has 1 aliphatic heterocycles. The Morgan fingerprint density at radius 1 is 1.00 bits per heavy atom. The molecule has 1 aromatic heterocycles. The van der Waals surface area contributed by atoms with Gasteiger partial charge in [0.25, 0.3) is 0 Å². The first-order valence-corrected chi connectivity index (χ1v) is 12.7. The highest BCUT2D eigenvalue weighted by molar-refractivity contribution is 6.29. The number of halogens is 9. The first-order valence-electron chi connectivity index (χ1n) is 12.3. The molecule has 228 valence electrons. The first-order chi connectivity index (χ1) is 19.0. The number of amides is 1. The van der Waals surface area contributed by atoms with Gasteiger partial charge in [-0.25, -0.2) is 14.2 Å². The van der Waals surface area contributed by atoms with Crippen LogP contribution in [-0.2, 0) is 23.6 Å². The van der Waals surface area contributed by atoms with Gasteiger partial charge in [-0.05, 0) is 60.4 Å². The first kappa shape index (κ1) is 33.3. The molecule has 1 amide bonds. The van der Waals surface area contributed by atoms with E-state index >= 15 is 0 Å². The van der Waals surface area contributed by atoms with Crippen LogP contribution in [0.5, 0.6) is 5.75 Å². The van der Waals surface area contributed by atoms with Crippen molar-refractivity contribution in [1.82, 2.24) is 9.88 Å². The minimum Gasteiger partial charge on any atom is -1.00 e. The van der Waals surface area contributed by atoms with E-state index in [0.29, 0.717) is 28.8 Å². The summed E-state index contributed by atoms with van der Waals surface area (Å²) in [4.78, 5) is 18.3. The highest BCUT2D eigenvalue weighted by Crippen LogP contribution is 2.42. The molecule has 0 saturated carbocycles. The van der Waals surface area contributed by atoms with Crippen molar-refractivity contribution in [2.45, 2.75) is 57.7 Å². The maximum Gasteiger partial charge on any atom is 0.416 e. The molecular weight excluding hydrogens is 616 g/mol. The number of carbonyl (C=O) groups is 1. The van der Waals surface area contributed by atoms with Crippen LogP contribution in [0.1, 0.15) is 60.7 Å². The third kappa shape index (κ3) is 6.70. The number of pyridine rings is 1. The van der Waals surface area contributed by atoms with Crippen molar-refractivity contribution < 1.29 is 57.4 Å². The molecule has 2 heterocycles. The minimum absolute atomic E-state index is 0. The molecule has 2 atom stereocenters. The van der Waals surface area contributed by atoms with Gasteiger partial charge in [-0.3, -0.25) is 4.90 Å². The Morgan fingerprint density at radius 2 is 1.60 bits per heavy atom. The summed E-state index contributed by atoms with van der Waals surface area (Å²) in [6.07, 6.45) is -12.6. The molecule has 2 aromatic carbocycles. The number of aromatic nitrogens is 1. The fourth-order valence-electron chi connectivity index (χ4n) is 4.70. The smallest absolute Gasteiger partial charge is 0.416 e. The molecule has 5 nitrogen and oxygen atoms in total. The molecule has 0 spiro atoms. The lowest BCUT2D eigenvalue weighted by Crippen LogP contribution is -3.00. The lowest BCUT2D eigenvalue weighted by Gasteiger charge is -2.23. The molecule has 0 N–H and O–H groups in total. The largest absolute Gasteiger partial charge is 1.00 e. The topological polar surface area (TPSA) is 51.7 Å². The summed E-state index contributed by atoms with van der Waals surface area (Å²) in [6, 6.07) is 5.96. The molecule has 0 unspecified atom stereocenters. The van der Waals surface area contributed by atoms with E-state index in [4.69, 9.17) is 21.1 Å². The average Bonchev–Trinajstić information content (AvgIpc) is 3.15. The SMILES string of the molecule is COc1cc(F)c(C(C)C)cc1-c1ccc(Cl)nc1CN1C(=O)O[C@H](c2cc(C(F)(F)F)cc(C(F)(F)F)c2)[C@@H]1C.[Cl-]. The van der Waals surface area contributed by atoms with Crippen LogP contribution < -0.4 is 17.1 Å². The maximum absolute atomic E-state index is 14.7. The summed E-state index contributed by atoms with van der Waals surface area (Å²) in [6.45, 7) is 4.77. The Labute approximate surface area is 248 Å². The van der Waals surface area contributed by atoms with Crippen molar-refractivity contribution in [3.63, 3.8) is 0 Å². The molecule has 0 aliphatic carbocycles. The van der Waals surface area contributed by atoms with Crippen LogP contribution in [0.3, 0.4) is 0 Å². The number of hydrogen-bond acceptors (Lipinski definition) is 4. The fourth-order valence-corrected chi connectivity index (χ4v) is 4.86. The van der Waals surface area contributed by atoms with E-state index in [-0.39, 0.29) is 47.5 Å². The van der Waals surface area contributed by atoms with E-state index in [1.807, 2.05) is 0 Å². The predicted octanol–water partition coefficient (Wildman–Crippen LogP) is 5.80. The summed E-state index contributed by atoms with van der Waals surface area (Å²) >= 11 is 6.14. The van der Waals surface area contributed by atoms with Gasteiger partial charge in [0, 0.05) is 17.2 Å². The Balaban J connectivity index is 0.00000484. The highest BCUT2D eigenvalue weighted by atomic mass is 35.5. The van der Waals surface area contributed by atoms with Gasteiger partial charge < -0.3 is 21.9 Å². The van der Waals surface area contributed by atoms with Crippen molar-refractivity contribution in [1.29, 1.82) is 0 Å². The summed E-state index contributed by atoms with van der Waals surface area (Å²) in [5, 5.41) is 0.0541. The number of alkyl halides is 6. The number of ether oxygens (including phenoxy) is 2. The standard InChI is InChI=1S/C28H24ClF7N2O3.ClH/c1-13(2)19-10-20(23(40-4)11-21(19)30)18-5-6-24(29)37-22(18)12-38-14(3)25(41-26(38)39)15-7-16(27(31,32)33)9-17(8-15)28(34,35)36;/h5-11,13-14,25H,12H2,1-4H3;1H/p-1/t14-,25-;/m0./s1. The third-order valence-electron chi connectivity index (χ3n) is 6.82. The van der Waals surface area contributed by atoms with E-state index in [1.54, 1.807) is 26.0 Å². The second-order valence-electron chi connectivity index (χ2n) is 9.87. The van der Waals surface area contributed by atoms with Crippen molar-refractivity contribution >= 4 is 17.7 Å². The molecule has 1 fully saturated rings. The number of hydrogen-bond donors (Lipinski definition) is 0. The Bertz CT molecular complexity index is 1450. The zero-order chi connectivity index (χ0) is 30.4. The second-order valence-corrected chi connectivity index (χ2v) is 10.3. The lowest BCUT2D eigenvalue weighted by molar-refractivity contribution is -0.143. The lowest BCUT2D eigenvalue weighted by atomic mass is 9.94. The number of rotatable bonds is 6. The number of carbonyl (C=O) groups excluding carboxylic acids is 1. The predicted molar refractivity (Wildman–Crippen MR) is 136 cm³/mol. The maximum atomic E-state index is 14.7. The zero-order valence-corrected chi connectivity index (χ0v) is 24.0. The monoisotopic (exact) mass is 639 g/mol. The van der Waals surface area contributed by atoms with Crippen LogP contribution in [0.2, 0.25) is 5.15 Å². The van der Waals surface area contributed by atoms with Crippen LogP contribution in [0.25, 0.3) is 11.1 Å². The van der Waals surface area contributed by atoms with Gasteiger partial charge in [-0.15, -0.1) is 0 Å². The number of benzene rings is 2. The Morgan fingerprint density at radius 3 is 2.12 bits per heavy atom. The van der Waals surface area contributed by atoms with E-state index in [0.717, 1.165) is 4.90 Å². The third-order valence-corrected chi connectivity index (χ3v) is 7.03. The van der Waals surface area contributed by atoms with Gasteiger partial charge in [0.1, 0.15) is 22.8 Å². The fraction of sp³-hybridized carbons (Fsp3) is 0.357. The molecule has 3 aromatic rings. The van der Waals surface area contributed by atoms with E-state index in [2.05, 4.69) is 4.98 Å². The van der Waals surface area contributed by atoms with Gasteiger partial charge in [-0.1, -0.05) is 25.4 Å². The van der Waals surface area contributed by atoms with E-state index in [1.165, 1.54) is 26.2 Å². The van der Waals surface area contributed by atoms with Crippen LogP contribution in [-0.4, -0.2) is 29.1 Å². The molecule has 1 aliphatic rings. The van der Waals surface area contributed by atoms with Gasteiger partial charge in [0.2, 0.25) is 0 Å². The van der Waals surface area contributed by atoms with Gasteiger partial charge in [0.05, 0.1) is 36.5 Å². The van der Waals surface area contributed by atoms with E-state index < -0.39 is 53.1 Å².